The lowest BCUT2D eigenvalue weighted by molar-refractivity contribution is -0.122. The van der Waals surface area contributed by atoms with Gasteiger partial charge in [0.15, 0.2) is 11.9 Å². The summed E-state index contributed by atoms with van der Waals surface area (Å²) in [5.41, 5.74) is 6.75. The van der Waals surface area contributed by atoms with Crippen molar-refractivity contribution >= 4 is 17.4 Å². The fraction of sp³-hybridized carbons (Fsp3) is 0.429. The van der Waals surface area contributed by atoms with Crippen LogP contribution in [0.5, 0.6) is 5.75 Å². The average molecular weight is 262 g/mol. The first kappa shape index (κ1) is 13.5. The predicted octanol–water partition coefficient (Wildman–Crippen LogP) is 1.72. The number of rotatable bonds is 4. The van der Waals surface area contributed by atoms with Gasteiger partial charge in [0.1, 0.15) is 5.75 Å². The standard InChI is InChI=1S/C14H18N2O3/c1-8(15)3-5-12(17)10-4-6-13-11(7-10)16-14(18)9(2)19-13/h4,6-9H,3,5,15H2,1-2H3,(H,16,18). The summed E-state index contributed by atoms with van der Waals surface area (Å²) in [5, 5.41) is 2.73. The van der Waals surface area contributed by atoms with Gasteiger partial charge >= 0.3 is 0 Å². The van der Waals surface area contributed by atoms with E-state index in [9.17, 15) is 9.59 Å². The Morgan fingerprint density at radius 3 is 2.95 bits per heavy atom. The van der Waals surface area contributed by atoms with Crippen molar-refractivity contribution in [3.05, 3.63) is 23.8 Å². The van der Waals surface area contributed by atoms with Crippen LogP contribution in [-0.4, -0.2) is 23.8 Å². The number of nitrogens with two attached hydrogens (primary N) is 1. The van der Waals surface area contributed by atoms with Crippen LogP contribution in [0.2, 0.25) is 0 Å². The molecule has 2 atom stereocenters. The summed E-state index contributed by atoms with van der Waals surface area (Å²) in [4.78, 5) is 23.5. The van der Waals surface area contributed by atoms with Gasteiger partial charge in [-0.15, -0.1) is 0 Å². The molecule has 5 heteroatoms. The summed E-state index contributed by atoms with van der Waals surface area (Å²) in [5.74, 6) is 0.413. The Morgan fingerprint density at radius 1 is 1.53 bits per heavy atom. The summed E-state index contributed by atoms with van der Waals surface area (Å²) < 4.78 is 5.43. The van der Waals surface area contributed by atoms with Gasteiger partial charge in [0, 0.05) is 18.0 Å². The van der Waals surface area contributed by atoms with Gasteiger partial charge in [-0.25, -0.2) is 0 Å². The normalized spacial score (nSPS) is 19.1. The molecule has 0 radical (unpaired) electrons. The number of Topliss-reactive ketones (excluding diaryl/α,β-unsaturated/α-hetero) is 1. The number of amides is 1. The molecule has 2 rings (SSSR count). The largest absolute Gasteiger partial charge is 0.479 e. The van der Waals surface area contributed by atoms with E-state index in [-0.39, 0.29) is 17.7 Å². The van der Waals surface area contributed by atoms with Crippen molar-refractivity contribution in [1.82, 2.24) is 0 Å². The first-order valence-electron chi connectivity index (χ1n) is 6.37. The maximum atomic E-state index is 12.0. The fourth-order valence-electron chi connectivity index (χ4n) is 1.89. The second-order valence-electron chi connectivity index (χ2n) is 4.90. The topological polar surface area (TPSA) is 81.4 Å². The first-order valence-corrected chi connectivity index (χ1v) is 6.37. The molecule has 102 valence electrons. The van der Waals surface area contributed by atoms with Crippen molar-refractivity contribution in [2.24, 2.45) is 5.73 Å². The van der Waals surface area contributed by atoms with E-state index in [2.05, 4.69) is 5.32 Å². The van der Waals surface area contributed by atoms with Crippen molar-refractivity contribution in [2.45, 2.75) is 38.8 Å². The van der Waals surface area contributed by atoms with E-state index >= 15 is 0 Å². The van der Waals surface area contributed by atoms with E-state index in [0.717, 1.165) is 0 Å². The van der Waals surface area contributed by atoms with E-state index in [4.69, 9.17) is 10.5 Å². The van der Waals surface area contributed by atoms with Crippen LogP contribution in [0.1, 0.15) is 37.0 Å². The van der Waals surface area contributed by atoms with Crippen molar-refractivity contribution < 1.29 is 14.3 Å². The summed E-state index contributed by atoms with van der Waals surface area (Å²) in [6.45, 7) is 3.55. The second-order valence-corrected chi connectivity index (χ2v) is 4.90. The van der Waals surface area contributed by atoms with Gasteiger partial charge in [-0.2, -0.15) is 0 Å². The van der Waals surface area contributed by atoms with Gasteiger partial charge in [-0.1, -0.05) is 0 Å². The van der Waals surface area contributed by atoms with Crippen molar-refractivity contribution in [3.8, 4) is 5.75 Å². The minimum absolute atomic E-state index is 0.00506. The summed E-state index contributed by atoms with van der Waals surface area (Å²) in [7, 11) is 0. The Hall–Kier alpha value is -1.88. The van der Waals surface area contributed by atoms with Gasteiger partial charge in [-0.3, -0.25) is 9.59 Å². The Labute approximate surface area is 112 Å². The van der Waals surface area contributed by atoms with E-state index in [1.807, 2.05) is 6.92 Å². The number of anilines is 1. The molecule has 1 heterocycles. The summed E-state index contributed by atoms with van der Waals surface area (Å²) >= 11 is 0. The molecular formula is C14H18N2O3. The van der Waals surface area contributed by atoms with E-state index in [0.29, 0.717) is 29.8 Å². The van der Waals surface area contributed by atoms with Crippen LogP contribution in [0.15, 0.2) is 18.2 Å². The minimum atomic E-state index is -0.507. The summed E-state index contributed by atoms with van der Waals surface area (Å²) in [6, 6.07) is 5.09. The lowest BCUT2D eigenvalue weighted by Gasteiger charge is -2.23. The molecule has 0 fully saturated rings. The number of ether oxygens (including phenoxy) is 1. The van der Waals surface area contributed by atoms with Crippen LogP contribution in [0.4, 0.5) is 5.69 Å². The predicted molar refractivity (Wildman–Crippen MR) is 72.4 cm³/mol. The van der Waals surface area contributed by atoms with Gasteiger partial charge in [0.25, 0.3) is 5.91 Å². The quantitative estimate of drug-likeness (QED) is 0.809. The van der Waals surface area contributed by atoms with Crippen LogP contribution in [0.25, 0.3) is 0 Å². The van der Waals surface area contributed by atoms with Crippen LogP contribution in [0, 0.1) is 0 Å². The lowest BCUT2D eigenvalue weighted by Crippen LogP contribution is -2.34. The zero-order valence-electron chi connectivity index (χ0n) is 11.1. The van der Waals surface area contributed by atoms with Crippen molar-refractivity contribution in [3.63, 3.8) is 0 Å². The molecule has 1 aromatic carbocycles. The molecule has 0 aromatic heterocycles. The monoisotopic (exact) mass is 262 g/mol. The SMILES string of the molecule is CC(N)CCC(=O)c1ccc2c(c1)NC(=O)C(C)O2. The van der Waals surface area contributed by atoms with E-state index in [1.165, 1.54) is 0 Å². The third-order valence-electron chi connectivity index (χ3n) is 3.06. The van der Waals surface area contributed by atoms with Gasteiger partial charge in [0.2, 0.25) is 0 Å². The van der Waals surface area contributed by atoms with Crippen molar-refractivity contribution in [1.29, 1.82) is 0 Å². The number of fused-ring (bicyclic) bond motifs is 1. The number of benzene rings is 1. The maximum Gasteiger partial charge on any atom is 0.265 e. The number of hydrogen-bond acceptors (Lipinski definition) is 4. The van der Waals surface area contributed by atoms with E-state index < -0.39 is 6.10 Å². The third kappa shape index (κ3) is 3.12. The molecule has 5 nitrogen and oxygen atoms in total. The number of carbonyl (C=O) groups excluding carboxylic acids is 2. The Morgan fingerprint density at radius 2 is 2.26 bits per heavy atom. The average Bonchev–Trinajstić information content (AvgIpc) is 2.36. The molecule has 0 saturated heterocycles. The highest BCUT2D eigenvalue weighted by Crippen LogP contribution is 2.30. The highest BCUT2D eigenvalue weighted by Gasteiger charge is 2.24. The molecule has 0 spiro atoms. The number of carbonyl (C=O) groups is 2. The molecule has 3 N–H and O–H groups in total. The first-order chi connectivity index (χ1) is 8.97. The van der Waals surface area contributed by atoms with Gasteiger partial charge in [0.05, 0.1) is 5.69 Å². The Balaban J connectivity index is 2.15. The number of ketones is 1. The molecule has 0 aliphatic carbocycles. The molecule has 19 heavy (non-hydrogen) atoms. The van der Waals surface area contributed by atoms with Crippen LogP contribution in [-0.2, 0) is 4.79 Å². The molecule has 1 amide bonds. The molecule has 0 saturated carbocycles. The zero-order valence-corrected chi connectivity index (χ0v) is 11.1. The minimum Gasteiger partial charge on any atom is -0.479 e. The van der Waals surface area contributed by atoms with E-state index in [1.54, 1.807) is 25.1 Å². The Kier molecular flexibility index (Phi) is 3.85. The molecule has 2 unspecified atom stereocenters. The highest BCUT2D eigenvalue weighted by atomic mass is 16.5. The van der Waals surface area contributed by atoms with Gasteiger partial charge in [-0.05, 0) is 38.5 Å². The molecule has 1 aromatic rings. The van der Waals surface area contributed by atoms with Crippen molar-refractivity contribution in [2.75, 3.05) is 5.32 Å². The smallest absolute Gasteiger partial charge is 0.265 e. The number of hydrogen-bond donors (Lipinski definition) is 2. The Bertz CT molecular complexity index is 511. The third-order valence-corrected chi connectivity index (χ3v) is 3.06. The molecule has 1 aliphatic heterocycles. The number of nitrogens with one attached hydrogen (secondary N) is 1. The summed E-state index contributed by atoms with van der Waals surface area (Å²) in [6.07, 6.45) is 0.546. The van der Waals surface area contributed by atoms with Gasteiger partial charge < -0.3 is 15.8 Å². The van der Waals surface area contributed by atoms with Crippen LogP contribution >= 0.6 is 0 Å². The van der Waals surface area contributed by atoms with Crippen LogP contribution < -0.4 is 15.8 Å². The zero-order chi connectivity index (χ0) is 14.0. The van der Waals surface area contributed by atoms with Crippen LogP contribution in [0.3, 0.4) is 0 Å². The molecule has 0 bridgehead atoms. The highest BCUT2D eigenvalue weighted by molar-refractivity contribution is 6.01. The second kappa shape index (κ2) is 5.40. The molecule has 1 aliphatic rings. The lowest BCUT2D eigenvalue weighted by atomic mass is 10.0. The fourth-order valence-corrected chi connectivity index (χ4v) is 1.89. The molecular weight excluding hydrogens is 244 g/mol. The maximum absolute atomic E-state index is 12.0.